The van der Waals surface area contributed by atoms with Crippen LogP contribution in [-0.2, 0) is 17.6 Å². The molecule has 2 aromatic rings. The van der Waals surface area contributed by atoms with Gasteiger partial charge in [-0.1, -0.05) is 26.0 Å². The van der Waals surface area contributed by atoms with Crippen LogP contribution in [0.15, 0.2) is 24.3 Å². The predicted octanol–water partition coefficient (Wildman–Crippen LogP) is 2.63. The topological polar surface area (TPSA) is 68.0 Å². The van der Waals surface area contributed by atoms with E-state index in [0.717, 1.165) is 6.08 Å². The number of rotatable bonds is 5. The summed E-state index contributed by atoms with van der Waals surface area (Å²) in [6.07, 6.45) is 3.58. The van der Waals surface area contributed by atoms with E-state index >= 15 is 0 Å². The summed E-state index contributed by atoms with van der Waals surface area (Å²) in [6.45, 7) is 3.83. The molecule has 0 aliphatic rings. The van der Waals surface area contributed by atoms with E-state index in [1.165, 1.54) is 22.9 Å². The largest absolute Gasteiger partial charge is 0.478 e. The van der Waals surface area contributed by atoms with E-state index in [9.17, 15) is 9.18 Å². The molecule has 0 unspecified atom stereocenters. The molecule has 1 aromatic carbocycles. The molecule has 0 saturated carbocycles. The lowest BCUT2D eigenvalue weighted by molar-refractivity contribution is -0.131. The smallest absolute Gasteiger partial charge is 0.328 e. The molecule has 0 amide bonds. The molecule has 1 aromatic heterocycles. The Kier molecular flexibility index (Phi) is 4.47. The first-order valence-electron chi connectivity index (χ1n) is 6.71. The van der Waals surface area contributed by atoms with E-state index in [4.69, 9.17) is 5.11 Å². The summed E-state index contributed by atoms with van der Waals surface area (Å²) in [5.74, 6) is -0.288. The molecule has 0 radical (unpaired) electrons. The molecule has 2 rings (SSSR count). The fraction of sp³-hybridized carbons (Fsp3) is 0.267. The van der Waals surface area contributed by atoms with Crippen LogP contribution in [0.1, 0.15) is 31.1 Å². The van der Waals surface area contributed by atoms with E-state index in [-0.39, 0.29) is 5.69 Å². The lowest BCUT2D eigenvalue weighted by Gasteiger charge is -2.09. The van der Waals surface area contributed by atoms with Crippen LogP contribution in [0, 0.1) is 5.82 Å². The third-order valence-electron chi connectivity index (χ3n) is 2.99. The van der Waals surface area contributed by atoms with Crippen LogP contribution in [0.25, 0.3) is 11.8 Å². The van der Waals surface area contributed by atoms with Crippen LogP contribution in [0.2, 0.25) is 0 Å². The van der Waals surface area contributed by atoms with Crippen molar-refractivity contribution in [2.24, 2.45) is 0 Å². The van der Waals surface area contributed by atoms with Crippen molar-refractivity contribution in [3.8, 4) is 5.69 Å². The van der Waals surface area contributed by atoms with Gasteiger partial charge < -0.3 is 5.11 Å². The highest BCUT2D eigenvalue weighted by molar-refractivity contribution is 5.86. The van der Waals surface area contributed by atoms with Crippen LogP contribution in [0.4, 0.5) is 4.39 Å². The molecule has 1 heterocycles. The lowest BCUT2D eigenvalue weighted by atomic mass is 10.1. The van der Waals surface area contributed by atoms with Gasteiger partial charge in [-0.05, 0) is 12.1 Å². The number of aliphatic carboxylic acids is 1. The van der Waals surface area contributed by atoms with Gasteiger partial charge in [-0.15, -0.1) is 0 Å². The van der Waals surface area contributed by atoms with E-state index < -0.39 is 11.8 Å². The van der Waals surface area contributed by atoms with Gasteiger partial charge in [0.1, 0.15) is 17.3 Å². The lowest BCUT2D eigenvalue weighted by Crippen LogP contribution is -2.07. The van der Waals surface area contributed by atoms with Gasteiger partial charge in [0, 0.05) is 24.5 Å². The van der Waals surface area contributed by atoms with E-state index in [2.05, 4.69) is 10.1 Å². The Bertz CT molecular complexity index is 692. The third kappa shape index (κ3) is 3.16. The molecular formula is C15H16FN3O2. The second-order valence-electron chi connectivity index (χ2n) is 4.41. The van der Waals surface area contributed by atoms with Crippen LogP contribution in [-0.4, -0.2) is 25.8 Å². The number of carboxylic acids is 1. The maximum Gasteiger partial charge on any atom is 0.328 e. The summed E-state index contributed by atoms with van der Waals surface area (Å²) >= 11 is 0. The maximum atomic E-state index is 14.2. The van der Waals surface area contributed by atoms with Crippen molar-refractivity contribution in [1.29, 1.82) is 0 Å². The number of hydrogen-bond acceptors (Lipinski definition) is 3. The molecule has 0 bridgehead atoms. The van der Waals surface area contributed by atoms with E-state index in [1.807, 2.05) is 13.8 Å². The predicted molar refractivity (Wildman–Crippen MR) is 76.7 cm³/mol. The fourth-order valence-corrected chi connectivity index (χ4v) is 2.00. The molecule has 21 heavy (non-hydrogen) atoms. The number of benzene rings is 1. The number of hydrogen-bond donors (Lipinski definition) is 1. The van der Waals surface area contributed by atoms with Gasteiger partial charge in [0.15, 0.2) is 5.82 Å². The summed E-state index contributed by atoms with van der Waals surface area (Å²) < 4.78 is 15.7. The number of carboxylic acid groups (broad SMARTS) is 1. The van der Waals surface area contributed by atoms with Gasteiger partial charge in [0.2, 0.25) is 0 Å². The molecular weight excluding hydrogens is 273 g/mol. The van der Waals surface area contributed by atoms with Crippen molar-refractivity contribution in [2.75, 3.05) is 0 Å². The summed E-state index contributed by atoms with van der Waals surface area (Å²) in [6, 6.07) is 4.49. The first-order valence-corrected chi connectivity index (χ1v) is 6.71. The zero-order valence-corrected chi connectivity index (χ0v) is 11.9. The monoisotopic (exact) mass is 289 g/mol. The van der Waals surface area contributed by atoms with Crippen molar-refractivity contribution < 1.29 is 14.3 Å². The number of aromatic nitrogens is 3. The van der Waals surface area contributed by atoms with Crippen LogP contribution >= 0.6 is 0 Å². The van der Waals surface area contributed by atoms with Crippen LogP contribution < -0.4 is 0 Å². The number of para-hydroxylation sites is 1. The molecule has 0 fully saturated rings. The molecule has 0 atom stereocenters. The minimum absolute atomic E-state index is 0.221. The first-order chi connectivity index (χ1) is 10.1. The minimum atomic E-state index is -1.09. The van der Waals surface area contributed by atoms with Crippen molar-refractivity contribution in [2.45, 2.75) is 26.7 Å². The summed E-state index contributed by atoms with van der Waals surface area (Å²) in [5.41, 5.74) is 0.665. The summed E-state index contributed by atoms with van der Waals surface area (Å²) in [7, 11) is 0. The zero-order chi connectivity index (χ0) is 15.4. The highest BCUT2D eigenvalue weighted by Crippen LogP contribution is 2.21. The van der Waals surface area contributed by atoms with Gasteiger partial charge in [-0.3, -0.25) is 0 Å². The molecule has 0 aliphatic carbocycles. The average Bonchev–Trinajstić information content (AvgIpc) is 2.88. The highest BCUT2D eigenvalue weighted by atomic mass is 19.1. The maximum absolute atomic E-state index is 14.2. The van der Waals surface area contributed by atoms with Crippen LogP contribution in [0.5, 0.6) is 0 Å². The van der Waals surface area contributed by atoms with Gasteiger partial charge in [0.05, 0.1) is 0 Å². The Morgan fingerprint density at radius 1 is 1.38 bits per heavy atom. The van der Waals surface area contributed by atoms with Crippen LogP contribution in [0.3, 0.4) is 0 Å². The molecule has 6 heteroatoms. The quantitative estimate of drug-likeness (QED) is 0.859. The van der Waals surface area contributed by atoms with Crippen molar-refractivity contribution in [3.05, 3.63) is 47.3 Å². The number of carbonyl (C=O) groups is 1. The van der Waals surface area contributed by atoms with Gasteiger partial charge in [-0.2, -0.15) is 5.10 Å². The average molecular weight is 289 g/mol. The molecule has 0 spiro atoms. The van der Waals surface area contributed by atoms with Gasteiger partial charge >= 0.3 is 5.97 Å². The van der Waals surface area contributed by atoms with E-state index in [1.54, 1.807) is 6.07 Å². The SMILES string of the molecule is CCc1nc(CC)n(-c2c(F)cccc2/C=C/C(=O)O)n1. The Hall–Kier alpha value is -2.50. The van der Waals surface area contributed by atoms with Crippen molar-refractivity contribution >= 4 is 12.0 Å². The Balaban J connectivity index is 2.62. The summed E-state index contributed by atoms with van der Waals surface area (Å²) in [5, 5.41) is 13.0. The number of nitrogens with zero attached hydrogens (tertiary/aromatic N) is 3. The second kappa shape index (κ2) is 6.30. The number of halogens is 1. The molecule has 0 aliphatic heterocycles. The van der Waals surface area contributed by atoms with E-state index in [0.29, 0.717) is 30.1 Å². The molecule has 0 saturated heterocycles. The van der Waals surface area contributed by atoms with Crippen molar-refractivity contribution in [1.82, 2.24) is 14.8 Å². The van der Waals surface area contributed by atoms with Crippen molar-refractivity contribution in [3.63, 3.8) is 0 Å². The second-order valence-corrected chi connectivity index (χ2v) is 4.41. The minimum Gasteiger partial charge on any atom is -0.478 e. The Labute approximate surface area is 121 Å². The third-order valence-corrected chi connectivity index (χ3v) is 2.99. The highest BCUT2D eigenvalue weighted by Gasteiger charge is 2.15. The molecule has 5 nitrogen and oxygen atoms in total. The molecule has 110 valence electrons. The standard InChI is InChI=1S/C15H16FN3O2/c1-3-12-17-13(4-2)19(18-12)15-10(8-9-14(20)21)6-5-7-11(15)16/h5-9H,3-4H2,1-2H3,(H,20,21)/b9-8+. The molecule has 1 N–H and O–H groups in total. The first kappa shape index (κ1) is 14.9. The van der Waals surface area contributed by atoms with Gasteiger partial charge in [-0.25, -0.2) is 18.9 Å². The Morgan fingerprint density at radius 3 is 2.76 bits per heavy atom. The normalized spacial score (nSPS) is 11.2. The Morgan fingerprint density at radius 2 is 2.14 bits per heavy atom. The fourth-order valence-electron chi connectivity index (χ4n) is 2.00. The number of aryl methyl sites for hydroxylation is 2. The van der Waals surface area contributed by atoms with Gasteiger partial charge in [0.25, 0.3) is 0 Å². The zero-order valence-electron chi connectivity index (χ0n) is 11.9. The summed E-state index contributed by atoms with van der Waals surface area (Å²) in [4.78, 5) is 15.0.